The lowest BCUT2D eigenvalue weighted by molar-refractivity contribution is -0.142. The van der Waals surface area contributed by atoms with Crippen molar-refractivity contribution in [3.05, 3.63) is 69.7 Å². The van der Waals surface area contributed by atoms with Crippen LogP contribution in [0, 0.1) is 11.6 Å². The van der Waals surface area contributed by atoms with Gasteiger partial charge >= 0.3 is 5.97 Å². The van der Waals surface area contributed by atoms with Crippen molar-refractivity contribution in [1.82, 2.24) is 0 Å². The molecular formula is C17H11Cl2F2NO3. The predicted octanol–water partition coefficient (Wildman–Crippen LogP) is 4.47. The van der Waals surface area contributed by atoms with E-state index in [-0.39, 0.29) is 0 Å². The van der Waals surface area contributed by atoms with E-state index in [4.69, 9.17) is 23.2 Å². The third-order valence-corrected chi connectivity index (χ3v) is 3.62. The molecule has 0 saturated heterocycles. The number of rotatable bonds is 5. The van der Waals surface area contributed by atoms with Gasteiger partial charge in [-0.3, -0.25) is 4.79 Å². The number of benzene rings is 2. The first-order chi connectivity index (χ1) is 11.9. The predicted molar refractivity (Wildman–Crippen MR) is 91.4 cm³/mol. The van der Waals surface area contributed by atoms with Crippen LogP contribution < -0.4 is 5.32 Å². The zero-order chi connectivity index (χ0) is 18.4. The topological polar surface area (TPSA) is 55.4 Å². The fourth-order valence-electron chi connectivity index (χ4n) is 1.80. The van der Waals surface area contributed by atoms with Crippen LogP contribution in [0.5, 0.6) is 0 Å². The van der Waals surface area contributed by atoms with E-state index in [9.17, 15) is 18.4 Å². The summed E-state index contributed by atoms with van der Waals surface area (Å²) in [6.45, 7) is -0.715. The second-order valence-electron chi connectivity index (χ2n) is 4.72. The van der Waals surface area contributed by atoms with Gasteiger partial charge < -0.3 is 10.1 Å². The molecule has 25 heavy (non-hydrogen) atoms. The molecule has 0 unspecified atom stereocenters. The lowest BCUT2D eigenvalue weighted by Gasteiger charge is -2.07. The van der Waals surface area contributed by atoms with Crippen molar-refractivity contribution < 1.29 is 23.1 Å². The van der Waals surface area contributed by atoms with Crippen LogP contribution in [0.25, 0.3) is 6.08 Å². The Bertz CT molecular complexity index is 800. The molecule has 1 N–H and O–H groups in total. The number of hydrogen-bond acceptors (Lipinski definition) is 3. The maximum atomic E-state index is 13.4. The quantitative estimate of drug-likeness (QED) is 0.610. The number of anilines is 1. The van der Waals surface area contributed by atoms with Crippen LogP contribution in [-0.4, -0.2) is 18.5 Å². The Balaban J connectivity index is 1.91. The Hall–Kier alpha value is -2.44. The summed E-state index contributed by atoms with van der Waals surface area (Å²) in [5, 5.41) is 2.67. The monoisotopic (exact) mass is 385 g/mol. The Morgan fingerprint density at radius 1 is 1.04 bits per heavy atom. The highest BCUT2D eigenvalue weighted by molar-refractivity contribution is 6.37. The Morgan fingerprint density at radius 2 is 1.60 bits per heavy atom. The Kier molecular flexibility index (Phi) is 6.50. The lowest BCUT2D eigenvalue weighted by atomic mass is 10.2. The molecule has 0 aliphatic heterocycles. The fraction of sp³-hybridized carbons (Fsp3) is 0.0588. The zero-order valence-corrected chi connectivity index (χ0v) is 14.1. The molecular weight excluding hydrogens is 375 g/mol. The fourth-order valence-corrected chi connectivity index (χ4v) is 2.32. The summed E-state index contributed by atoms with van der Waals surface area (Å²) >= 11 is 11.9. The second kappa shape index (κ2) is 8.60. The van der Waals surface area contributed by atoms with Gasteiger partial charge in [0.1, 0.15) is 17.3 Å². The highest BCUT2D eigenvalue weighted by atomic mass is 35.5. The highest BCUT2D eigenvalue weighted by Gasteiger charge is 2.13. The molecule has 1 amide bonds. The summed E-state index contributed by atoms with van der Waals surface area (Å²) in [4.78, 5) is 23.2. The number of esters is 1. The van der Waals surface area contributed by atoms with Gasteiger partial charge in [-0.05, 0) is 30.3 Å². The number of carbonyl (C=O) groups excluding carboxylic acids is 2. The Morgan fingerprint density at radius 3 is 2.20 bits per heavy atom. The summed E-state index contributed by atoms with van der Waals surface area (Å²) in [7, 11) is 0. The number of hydrogen-bond donors (Lipinski definition) is 1. The third-order valence-electron chi connectivity index (χ3n) is 2.96. The molecule has 4 nitrogen and oxygen atoms in total. The summed E-state index contributed by atoms with van der Waals surface area (Å²) in [5.74, 6) is -3.61. The molecule has 0 heterocycles. The van der Waals surface area contributed by atoms with Gasteiger partial charge in [0.15, 0.2) is 6.61 Å². The van der Waals surface area contributed by atoms with Crippen LogP contribution >= 0.6 is 23.2 Å². The van der Waals surface area contributed by atoms with Crippen molar-refractivity contribution in [3.8, 4) is 0 Å². The first kappa shape index (κ1) is 18.9. The maximum Gasteiger partial charge on any atom is 0.331 e. The first-order valence-electron chi connectivity index (χ1n) is 6.91. The summed E-state index contributed by atoms with van der Waals surface area (Å²) in [6, 6.07) is 7.96. The average Bonchev–Trinajstić information content (AvgIpc) is 2.56. The molecule has 0 fully saturated rings. The van der Waals surface area contributed by atoms with Crippen molar-refractivity contribution in [2.75, 3.05) is 11.9 Å². The van der Waals surface area contributed by atoms with Crippen molar-refractivity contribution in [1.29, 1.82) is 0 Å². The smallest absolute Gasteiger partial charge is 0.331 e. The van der Waals surface area contributed by atoms with Crippen molar-refractivity contribution in [3.63, 3.8) is 0 Å². The average molecular weight is 386 g/mol. The maximum absolute atomic E-state index is 13.4. The zero-order valence-electron chi connectivity index (χ0n) is 12.6. The number of halogens is 4. The van der Waals surface area contributed by atoms with Crippen LogP contribution in [0.3, 0.4) is 0 Å². The van der Waals surface area contributed by atoms with E-state index in [0.717, 1.165) is 24.3 Å². The van der Waals surface area contributed by atoms with Gasteiger partial charge in [0, 0.05) is 21.7 Å². The van der Waals surface area contributed by atoms with Gasteiger partial charge in [-0.1, -0.05) is 35.3 Å². The van der Waals surface area contributed by atoms with E-state index in [1.807, 2.05) is 5.32 Å². The van der Waals surface area contributed by atoms with Crippen LogP contribution in [0.2, 0.25) is 10.0 Å². The molecule has 2 rings (SSSR count). The minimum absolute atomic E-state index is 0.337. The van der Waals surface area contributed by atoms with E-state index >= 15 is 0 Å². The molecule has 0 aliphatic rings. The molecule has 130 valence electrons. The standard InChI is InChI=1S/C17H11Cl2F2NO3/c18-11-3-1-4-12(19)10(11)7-8-16(24)25-9-15(23)22-17-13(20)5-2-6-14(17)21/h1-8H,9H2,(H,22,23)/b8-7+. The van der Waals surface area contributed by atoms with E-state index < -0.39 is 35.8 Å². The highest BCUT2D eigenvalue weighted by Crippen LogP contribution is 2.25. The van der Waals surface area contributed by atoms with E-state index in [2.05, 4.69) is 4.74 Å². The minimum atomic E-state index is -0.937. The SMILES string of the molecule is O=C(COC(=O)/C=C/c1c(Cl)cccc1Cl)Nc1c(F)cccc1F. The number of nitrogens with one attached hydrogen (secondary N) is 1. The largest absolute Gasteiger partial charge is 0.452 e. The van der Waals surface area contributed by atoms with Crippen molar-refractivity contribution in [2.24, 2.45) is 0 Å². The molecule has 8 heteroatoms. The van der Waals surface area contributed by atoms with Gasteiger partial charge in [-0.15, -0.1) is 0 Å². The van der Waals surface area contributed by atoms with Crippen LogP contribution in [0.15, 0.2) is 42.5 Å². The van der Waals surface area contributed by atoms with Crippen molar-refractivity contribution in [2.45, 2.75) is 0 Å². The number of amides is 1. The molecule has 0 aromatic heterocycles. The molecule has 0 radical (unpaired) electrons. The first-order valence-corrected chi connectivity index (χ1v) is 7.67. The van der Waals surface area contributed by atoms with Gasteiger partial charge in [-0.2, -0.15) is 0 Å². The van der Waals surface area contributed by atoms with Gasteiger partial charge in [0.25, 0.3) is 5.91 Å². The van der Waals surface area contributed by atoms with Gasteiger partial charge in [0.05, 0.1) is 0 Å². The normalized spacial score (nSPS) is 10.7. The third kappa shape index (κ3) is 5.27. The number of para-hydroxylation sites is 1. The summed E-state index contributed by atoms with van der Waals surface area (Å²) < 4.78 is 31.5. The molecule has 0 spiro atoms. The molecule has 0 aliphatic carbocycles. The lowest BCUT2D eigenvalue weighted by Crippen LogP contribution is -2.21. The van der Waals surface area contributed by atoms with Crippen LogP contribution in [0.4, 0.5) is 14.5 Å². The molecule has 0 saturated carbocycles. The second-order valence-corrected chi connectivity index (χ2v) is 5.54. The van der Waals surface area contributed by atoms with E-state index in [1.165, 1.54) is 6.08 Å². The molecule has 0 bridgehead atoms. The summed E-state index contributed by atoms with van der Waals surface area (Å²) in [5.41, 5.74) is -0.192. The van der Waals surface area contributed by atoms with Crippen molar-refractivity contribution >= 4 is 46.8 Å². The van der Waals surface area contributed by atoms with Gasteiger partial charge in [-0.25, -0.2) is 13.6 Å². The minimum Gasteiger partial charge on any atom is -0.452 e. The Labute approximate surface area is 152 Å². The van der Waals surface area contributed by atoms with Gasteiger partial charge in [0.2, 0.25) is 0 Å². The summed E-state index contributed by atoms with van der Waals surface area (Å²) in [6.07, 6.45) is 2.37. The molecule has 2 aromatic rings. The number of carbonyl (C=O) groups is 2. The van der Waals surface area contributed by atoms with Crippen LogP contribution in [0.1, 0.15) is 5.56 Å². The molecule has 0 atom stereocenters. The van der Waals surface area contributed by atoms with Crippen LogP contribution in [-0.2, 0) is 14.3 Å². The number of ether oxygens (including phenoxy) is 1. The van der Waals surface area contributed by atoms with E-state index in [0.29, 0.717) is 15.6 Å². The molecule has 2 aromatic carbocycles. The van der Waals surface area contributed by atoms with E-state index in [1.54, 1.807) is 18.2 Å².